The summed E-state index contributed by atoms with van der Waals surface area (Å²) in [6.07, 6.45) is 0. The Morgan fingerprint density at radius 2 is 1.64 bits per heavy atom. The monoisotopic (exact) mass is 342 g/mol. The van der Waals surface area contributed by atoms with E-state index in [-0.39, 0.29) is 11.7 Å². The zero-order valence-electron chi connectivity index (χ0n) is 14.5. The zero-order valence-corrected chi connectivity index (χ0v) is 14.5. The van der Waals surface area contributed by atoms with Crippen molar-refractivity contribution in [3.8, 4) is 0 Å². The molecule has 0 unspecified atom stereocenters. The molecule has 0 bridgehead atoms. The number of hydrogen-bond donors (Lipinski definition) is 3. The van der Waals surface area contributed by atoms with E-state index in [0.29, 0.717) is 24.6 Å². The van der Waals surface area contributed by atoms with E-state index >= 15 is 0 Å². The van der Waals surface area contributed by atoms with Crippen LogP contribution in [0.3, 0.4) is 0 Å². The van der Waals surface area contributed by atoms with E-state index in [0.717, 1.165) is 17.7 Å². The molecule has 0 spiro atoms. The molecule has 0 aliphatic heterocycles. The van der Waals surface area contributed by atoms with E-state index in [4.69, 9.17) is 0 Å². The maximum Gasteiger partial charge on any atom is 0.251 e. The van der Waals surface area contributed by atoms with Crippen LogP contribution < -0.4 is 16.0 Å². The first-order valence-electron chi connectivity index (χ1n) is 8.20. The van der Waals surface area contributed by atoms with Crippen LogP contribution in [0.15, 0.2) is 53.5 Å². The number of carbonyl (C=O) groups excluding carboxylic acids is 1. The van der Waals surface area contributed by atoms with Gasteiger partial charge in [0.1, 0.15) is 5.82 Å². The number of guanidine groups is 1. The van der Waals surface area contributed by atoms with Gasteiger partial charge in [-0.2, -0.15) is 0 Å². The molecule has 25 heavy (non-hydrogen) atoms. The topological polar surface area (TPSA) is 65.5 Å². The molecule has 2 aromatic carbocycles. The van der Waals surface area contributed by atoms with Crippen molar-refractivity contribution >= 4 is 11.9 Å². The van der Waals surface area contributed by atoms with Crippen LogP contribution in [0, 0.1) is 5.82 Å². The molecule has 0 atom stereocenters. The van der Waals surface area contributed by atoms with Gasteiger partial charge in [0.2, 0.25) is 0 Å². The summed E-state index contributed by atoms with van der Waals surface area (Å²) in [5, 5.41) is 8.99. The van der Waals surface area contributed by atoms with E-state index in [1.54, 1.807) is 31.3 Å². The lowest BCUT2D eigenvalue weighted by Crippen LogP contribution is -2.36. The molecule has 2 aromatic rings. The van der Waals surface area contributed by atoms with Gasteiger partial charge in [0.25, 0.3) is 5.91 Å². The van der Waals surface area contributed by atoms with Crippen molar-refractivity contribution in [2.75, 3.05) is 13.6 Å². The molecule has 5 nitrogen and oxygen atoms in total. The van der Waals surface area contributed by atoms with Crippen molar-refractivity contribution in [3.05, 3.63) is 71.0 Å². The number of aliphatic imine (C=N–C) groups is 1. The van der Waals surface area contributed by atoms with Crippen molar-refractivity contribution < 1.29 is 9.18 Å². The largest absolute Gasteiger partial charge is 0.357 e. The first kappa shape index (κ1) is 18.4. The van der Waals surface area contributed by atoms with Crippen molar-refractivity contribution in [3.63, 3.8) is 0 Å². The Labute approximate surface area is 147 Å². The maximum absolute atomic E-state index is 12.9. The second kappa shape index (κ2) is 9.42. The molecule has 0 saturated carbocycles. The van der Waals surface area contributed by atoms with Crippen molar-refractivity contribution in [1.82, 2.24) is 16.0 Å². The molecule has 0 fully saturated rings. The van der Waals surface area contributed by atoms with Gasteiger partial charge in [-0.15, -0.1) is 0 Å². The van der Waals surface area contributed by atoms with E-state index in [9.17, 15) is 9.18 Å². The fraction of sp³-hybridized carbons (Fsp3) is 0.263. The Bertz CT molecular complexity index is 711. The third-order valence-corrected chi connectivity index (χ3v) is 3.58. The average molecular weight is 342 g/mol. The van der Waals surface area contributed by atoms with Crippen LogP contribution in [0.25, 0.3) is 0 Å². The summed E-state index contributed by atoms with van der Waals surface area (Å²) in [6, 6.07) is 13.7. The predicted molar refractivity (Wildman–Crippen MR) is 97.9 cm³/mol. The number of halogens is 1. The summed E-state index contributed by atoms with van der Waals surface area (Å²) in [5.74, 6) is 0.330. The second-order valence-electron chi connectivity index (χ2n) is 5.45. The van der Waals surface area contributed by atoms with Gasteiger partial charge in [0, 0.05) is 25.7 Å². The van der Waals surface area contributed by atoms with Gasteiger partial charge in [-0.25, -0.2) is 9.38 Å². The summed E-state index contributed by atoms with van der Waals surface area (Å²) in [7, 11) is 1.61. The van der Waals surface area contributed by atoms with Gasteiger partial charge in [-0.05, 0) is 42.3 Å². The Balaban J connectivity index is 1.96. The molecule has 2 rings (SSSR count). The Hall–Kier alpha value is -2.89. The minimum absolute atomic E-state index is 0.107. The fourth-order valence-corrected chi connectivity index (χ4v) is 2.21. The molecule has 0 heterocycles. The van der Waals surface area contributed by atoms with E-state index in [1.807, 2.05) is 19.1 Å². The highest BCUT2D eigenvalue weighted by molar-refractivity contribution is 5.93. The molecule has 0 aliphatic rings. The van der Waals surface area contributed by atoms with E-state index < -0.39 is 0 Å². The van der Waals surface area contributed by atoms with Crippen molar-refractivity contribution in [2.45, 2.75) is 20.0 Å². The molecular formula is C19H23FN4O. The number of rotatable bonds is 6. The van der Waals surface area contributed by atoms with E-state index in [1.165, 1.54) is 12.1 Å². The number of nitrogens with one attached hydrogen (secondary N) is 3. The normalized spacial score (nSPS) is 11.1. The first-order valence-corrected chi connectivity index (χ1v) is 8.20. The molecule has 1 amide bonds. The lowest BCUT2D eigenvalue weighted by Gasteiger charge is -2.11. The predicted octanol–water partition coefficient (Wildman–Crippen LogP) is 2.44. The summed E-state index contributed by atoms with van der Waals surface area (Å²) < 4.78 is 12.9. The van der Waals surface area contributed by atoms with Crippen LogP contribution in [-0.2, 0) is 13.1 Å². The van der Waals surface area contributed by atoms with Gasteiger partial charge in [0.15, 0.2) is 5.96 Å². The van der Waals surface area contributed by atoms with Crippen LogP contribution in [0.1, 0.15) is 28.4 Å². The molecule has 0 saturated heterocycles. The Kier molecular flexibility index (Phi) is 6.95. The zero-order chi connectivity index (χ0) is 18.1. The van der Waals surface area contributed by atoms with Gasteiger partial charge >= 0.3 is 0 Å². The van der Waals surface area contributed by atoms with Crippen LogP contribution in [-0.4, -0.2) is 25.5 Å². The Morgan fingerprint density at radius 3 is 2.24 bits per heavy atom. The summed E-state index contributed by atoms with van der Waals surface area (Å²) in [4.78, 5) is 16.1. The second-order valence-corrected chi connectivity index (χ2v) is 5.45. The highest BCUT2D eigenvalue weighted by Crippen LogP contribution is 2.06. The smallest absolute Gasteiger partial charge is 0.251 e. The fourth-order valence-electron chi connectivity index (χ4n) is 2.21. The SMILES string of the molecule is CCNC(=NCc1ccc(C(=O)NC)cc1)NCc1ccc(F)cc1. The number of hydrogen-bond acceptors (Lipinski definition) is 2. The molecule has 132 valence electrons. The van der Waals surface area contributed by atoms with Crippen LogP contribution in [0.4, 0.5) is 4.39 Å². The van der Waals surface area contributed by atoms with Gasteiger partial charge in [0.05, 0.1) is 6.54 Å². The summed E-state index contributed by atoms with van der Waals surface area (Å²) in [6.45, 7) is 3.78. The first-order chi connectivity index (χ1) is 12.1. The molecule has 6 heteroatoms. The number of nitrogens with zero attached hydrogens (tertiary/aromatic N) is 1. The highest BCUT2D eigenvalue weighted by Gasteiger charge is 2.03. The van der Waals surface area contributed by atoms with Gasteiger partial charge < -0.3 is 16.0 Å². The standard InChI is InChI=1S/C19H23FN4O/c1-3-22-19(24-13-15-6-10-17(20)11-7-15)23-12-14-4-8-16(9-5-14)18(25)21-2/h4-11H,3,12-13H2,1-2H3,(H,21,25)(H2,22,23,24). The molecule has 0 radical (unpaired) electrons. The highest BCUT2D eigenvalue weighted by atomic mass is 19.1. The molecular weight excluding hydrogens is 319 g/mol. The number of amides is 1. The molecule has 3 N–H and O–H groups in total. The number of carbonyl (C=O) groups is 1. The van der Waals surface area contributed by atoms with Crippen molar-refractivity contribution in [2.24, 2.45) is 4.99 Å². The van der Waals surface area contributed by atoms with Crippen LogP contribution in [0.2, 0.25) is 0 Å². The lowest BCUT2D eigenvalue weighted by molar-refractivity contribution is 0.0963. The maximum atomic E-state index is 12.9. The third-order valence-electron chi connectivity index (χ3n) is 3.58. The van der Waals surface area contributed by atoms with Gasteiger partial charge in [-0.3, -0.25) is 4.79 Å². The molecule has 0 aliphatic carbocycles. The molecule has 0 aromatic heterocycles. The van der Waals surface area contributed by atoms with Crippen LogP contribution >= 0.6 is 0 Å². The number of benzene rings is 2. The van der Waals surface area contributed by atoms with Crippen LogP contribution in [0.5, 0.6) is 0 Å². The average Bonchev–Trinajstić information content (AvgIpc) is 2.65. The lowest BCUT2D eigenvalue weighted by atomic mass is 10.1. The Morgan fingerprint density at radius 1 is 1.00 bits per heavy atom. The quantitative estimate of drug-likeness (QED) is 0.558. The van der Waals surface area contributed by atoms with Crippen molar-refractivity contribution in [1.29, 1.82) is 0 Å². The van der Waals surface area contributed by atoms with E-state index in [2.05, 4.69) is 20.9 Å². The minimum Gasteiger partial charge on any atom is -0.357 e. The minimum atomic E-state index is -0.246. The van der Waals surface area contributed by atoms with Gasteiger partial charge in [-0.1, -0.05) is 24.3 Å². The third kappa shape index (κ3) is 5.91. The summed E-state index contributed by atoms with van der Waals surface area (Å²) >= 11 is 0. The summed E-state index contributed by atoms with van der Waals surface area (Å²) in [5.41, 5.74) is 2.60.